The summed E-state index contributed by atoms with van der Waals surface area (Å²) in [4.78, 5) is 22.1. The molecule has 0 bridgehead atoms. The predicted octanol–water partition coefficient (Wildman–Crippen LogP) is 3.32. The quantitative estimate of drug-likeness (QED) is 0.392. The minimum Gasteiger partial charge on any atom is -0.465 e. The number of halogens is 1. The standard InChI is InChI=1S/C17H17ClN2O6S/c1-3-26-17(21)11-19(14-8-5-13(18)6-9-14)27(24,25)16-10-15(20(22)23)7-4-12(16)2/h4-10H,3,11H2,1-2H3. The van der Waals surface area contributed by atoms with Crippen LogP contribution in [0.15, 0.2) is 47.4 Å². The van der Waals surface area contributed by atoms with E-state index in [0.717, 1.165) is 10.4 Å². The van der Waals surface area contributed by atoms with Crippen molar-refractivity contribution in [2.24, 2.45) is 0 Å². The second kappa shape index (κ2) is 8.36. The van der Waals surface area contributed by atoms with Gasteiger partial charge in [0.05, 0.1) is 22.1 Å². The maximum Gasteiger partial charge on any atom is 0.326 e. The fourth-order valence-corrected chi connectivity index (χ4v) is 4.13. The third kappa shape index (κ3) is 4.75. The summed E-state index contributed by atoms with van der Waals surface area (Å²) in [5, 5.41) is 11.4. The number of non-ortho nitro benzene ring substituents is 1. The Hall–Kier alpha value is -2.65. The lowest BCUT2D eigenvalue weighted by Gasteiger charge is -2.24. The number of ether oxygens (including phenoxy) is 1. The van der Waals surface area contributed by atoms with Crippen LogP contribution < -0.4 is 4.31 Å². The topological polar surface area (TPSA) is 107 Å². The molecule has 0 unspecified atom stereocenters. The minimum atomic E-state index is -4.28. The first-order valence-corrected chi connectivity index (χ1v) is 9.67. The molecule has 2 aromatic carbocycles. The number of sulfonamides is 1. The normalized spacial score (nSPS) is 11.1. The Morgan fingerprint density at radius 2 is 1.85 bits per heavy atom. The summed E-state index contributed by atoms with van der Waals surface area (Å²) >= 11 is 5.85. The zero-order valence-corrected chi connectivity index (χ0v) is 16.2. The Labute approximate surface area is 161 Å². The smallest absolute Gasteiger partial charge is 0.326 e. The molecule has 0 heterocycles. The second-order valence-electron chi connectivity index (χ2n) is 5.50. The molecule has 0 aliphatic carbocycles. The molecule has 0 aromatic heterocycles. The van der Waals surface area contributed by atoms with Crippen molar-refractivity contribution in [3.05, 3.63) is 63.2 Å². The zero-order chi connectivity index (χ0) is 20.2. The molecule has 0 aliphatic heterocycles. The van der Waals surface area contributed by atoms with Crippen LogP contribution in [0.2, 0.25) is 5.02 Å². The van der Waals surface area contributed by atoms with Gasteiger partial charge in [0.2, 0.25) is 0 Å². The lowest BCUT2D eigenvalue weighted by Crippen LogP contribution is -2.37. The lowest BCUT2D eigenvalue weighted by molar-refractivity contribution is -0.385. The van der Waals surface area contributed by atoms with Gasteiger partial charge in [-0.15, -0.1) is 0 Å². The number of carbonyl (C=O) groups is 1. The first-order valence-electron chi connectivity index (χ1n) is 7.85. The van der Waals surface area contributed by atoms with Crippen LogP contribution in [0, 0.1) is 17.0 Å². The predicted molar refractivity (Wildman–Crippen MR) is 100 cm³/mol. The molecule has 8 nitrogen and oxygen atoms in total. The number of aryl methyl sites for hydroxylation is 1. The van der Waals surface area contributed by atoms with Crippen LogP contribution in [0.3, 0.4) is 0 Å². The third-order valence-electron chi connectivity index (χ3n) is 3.64. The molecule has 0 saturated carbocycles. The van der Waals surface area contributed by atoms with E-state index < -0.39 is 27.5 Å². The Balaban J connectivity index is 2.59. The van der Waals surface area contributed by atoms with Crippen molar-refractivity contribution in [2.45, 2.75) is 18.7 Å². The van der Waals surface area contributed by atoms with E-state index in [1.165, 1.54) is 43.3 Å². The molecular formula is C17H17ClN2O6S. The van der Waals surface area contributed by atoms with E-state index in [1.54, 1.807) is 6.92 Å². The molecule has 0 radical (unpaired) electrons. The van der Waals surface area contributed by atoms with Gasteiger partial charge in [-0.05, 0) is 43.7 Å². The van der Waals surface area contributed by atoms with Crippen LogP contribution in [-0.2, 0) is 19.6 Å². The van der Waals surface area contributed by atoms with Crippen molar-refractivity contribution in [2.75, 3.05) is 17.5 Å². The summed E-state index contributed by atoms with van der Waals surface area (Å²) in [5.41, 5.74) is 0.119. The molecule has 0 spiro atoms. The van der Waals surface area contributed by atoms with Gasteiger partial charge in [-0.2, -0.15) is 0 Å². The van der Waals surface area contributed by atoms with Gasteiger partial charge in [0.1, 0.15) is 6.54 Å². The van der Waals surface area contributed by atoms with E-state index in [2.05, 4.69) is 0 Å². The number of hydrogen-bond donors (Lipinski definition) is 0. The highest BCUT2D eigenvalue weighted by Crippen LogP contribution is 2.29. The van der Waals surface area contributed by atoms with Gasteiger partial charge in [0, 0.05) is 17.2 Å². The van der Waals surface area contributed by atoms with Gasteiger partial charge in [-0.1, -0.05) is 17.7 Å². The molecule has 0 atom stereocenters. The van der Waals surface area contributed by atoms with Crippen molar-refractivity contribution in [1.82, 2.24) is 0 Å². The first kappa shape index (κ1) is 20.7. The summed E-state index contributed by atoms with van der Waals surface area (Å²) in [5.74, 6) is -0.751. The molecule has 144 valence electrons. The van der Waals surface area contributed by atoms with Gasteiger partial charge >= 0.3 is 5.97 Å². The largest absolute Gasteiger partial charge is 0.465 e. The fourth-order valence-electron chi connectivity index (χ4n) is 2.35. The number of nitro groups is 1. The maximum atomic E-state index is 13.2. The molecule has 0 amide bonds. The number of hydrogen-bond acceptors (Lipinski definition) is 6. The molecule has 27 heavy (non-hydrogen) atoms. The molecule has 0 fully saturated rings. The van der Waals surface area contributed by atoms with Gasteiger partial charge in [-0.3, -0.25) is 19.2 Å². The Morgan fingerprint density at radius 3 is 2.41 bits per heavy atom. The van der Waals surface area contributed by atoms with E-state index in [-0.39, 0.29) is 22.9 Å². The highest BCUT2D eigenvalue weighted by atomic mass is 35.5. The zero-order valence-electron chi connectivity index (χ0n) is 14.6. The summed E-state index contributed by atoms with van der Waals surface area (Å²) in [6.07, 6.45) is 0. The van der Waals surface area contributed by atoms with Crippen LogP contribution in [0.25, 0.3) is 0 Å². The van der Waals surface area contributed by atoms with Gasteiger partial charge in [-0.25, -0.2) is 8.42 Å². The van der Waals surface area contributed by atoms with E-state index in [0.29, 0.717) is 10.6 Å². The summed E-state index contributed by atoms with van der Waals surface area (Å²) in [7, 11) is -4.28. The Bertz CT molecular complexity index is 960. The monoisotopic (exact) mass is 412 g/mol. The van der Waals surface area contributed by atoms with Gasteiger partial charge < -0.3 is 4.74 Å². The molecular weight excluding hydrogens is 396 g/mol. The molecule has 2 aromatic rings. The van der Waals surface area contributed by atoms with Crippen molar-refractivity contribution in [3.63, 3.8) is 0 Å². The molecule has 0 saturated heterocycles. The van der Waals surface area contributed by atoms with Crippen LogP contribution in [0.4, 0.5) is 11.4 Å². The molecule has 10 heteroatoms. The van der Waals surface area contributed by atoms with Crippen molar-refractivity contribution in [3.8, 4) is 0 Å². The van der Waals surface area contributed by atoms with Crippen molar-refractivity contribution < 1.29 is 22.9 Å². The Kier molecular flexibility index (Phi) is 6.40. The van der Waals surface area contributed by atoms with Crippen molar-refractivity contribution >= 4 is 39.0 Å². The molecule has 2 rings (SSSR count). The average Bonchev–Trinajstić information content (AvgIpc) is 2.60. The summed E-state index contributed by atoms with van der Waals surface area (Å²) in [6, 6.07) is 9.35. The number of nitrogens with zero attached hydrogens (tertiary/aromatic N) is 2. The number of nitro benzene ring substituents is 1. The third-order valence-corrected chi connectivity index (χ3v) is 5.81. The van der Waals surface area contributed by atoms with Crippen LogP contribution in [-0.4, -0.2) is 32.5 Å². The van der Waals surface area contributed by atoms with E-state index in [1.807, 2.05) is 0 Å². The Morgan fingerprint density at radius 1 is 1.22 bits per heavy atom. The lowest BCUT2D eigenvalue weighted by atomic mass is 10.2. The SMILES string of the molecule is CCOC(=O)CN(c1ccc(Cl)cc1)S(=O)(=O)c1cc([N+](=O)[O-])ccc1C. The van der Waals surface area contributed by atoms with Crippen LogP contribution >= 0.6 is 11.6 Å². The van der Waals surface area contributed by atoms with Gasteiger partial charge in [0.25, 0.3) is 15.7 Å². The highest BCUT2D eigenvalue weighted by molar-refractivity contribution is 7.93. The van der Waals surface area contributed by atoms with E-state index in [9.17, 15) is 23.3 Å². The van der Waals surface area contributed by atoms with E-state index >= 15 is 0 Å². The maximum absolute atomic E-state index is 13.2. The summed E-state index contributed by atoms with van der Waals surface area (Å²) < 4.78 is 32.1. The number of benzene rings is 2. The fraction of sp³-hybridized carbons (Fsp3) is 0.235. The first-order chi connectivity index (χ1) is 12.7. The average molecular weight is 413 g/mol. The van der Waals surface area contributed by atoms with Gasteiger partial charge in [0.15, 0.2) is 0 Å². The van der Waals surface area contributed by atoms with Crippen LogP contribution in [0.5, 0.6) is 0 Å². The van der Waals surface area contributed by atoms with Crippen molar-refractivity contribution in [1.29, 1.82) is 0 Å². The number of esters is 1. The summed E-state index contributed by atoms with van der Waals surface area (Å²) in [6.45, 7) is 2.62. The number of carbonyl (C=O) groups excluding carboxylic acids is 1. The van der Waals surface area contributed by atoms with E-state index in [4.69, 9.17) is 16.3 Å². The number of anilines is 1. The second-order valence-corrected chi connectivity index (χ2v) is 7.77. The van der Waals surface area contributed by atoms with Crippen LogP contribution in [0.1, 0.15) is 12.5 Å². The molecule has 0 N–H and O–H groups in total. The highest BCUT2D eigenvalue weighted by Gasteiger charge is 2.30. The minimum absolute atomic E-state index is 0.0865. The number of rotatable bonds is 7. The molecule has 0 aliphatic rings.